The highest BCUT2D eigenvalue weighted by Crippen LogP contribution is 2.65. The van der Waals surface area contributed by atoms with Crippen molar-refractivity contribution in [1.82, 2.24) is 15.1 Å². The van der Waals surface area contributed by atoms with Crippen molar-refractivity contribution in [3.63, 3.8) is 0 Å². The Morgan fingerprint density at radius 1 is 1.19 bits per heavy atom. The normalized spacial score (nSPS) is 25.2. The average molecular weight is 726 g/mol. The Bertz CT molecular complexity index is 1620. The van der Waals surface area contributed by atoms with E-state index in [0.29, 0.717) is 74.5 Å². The summed E-state index contributed by atoms with van der Waals surface area (Å²) in [6, 6.07) is 3.00. The molecule has 14 heteroatoms. The molecule has 4 aliphatic rings. The summed E-state index contributed by atoms with van der Waals surface area (Å²) in [6.45, 7) is 6.11. The van der Waals surface area contributed by atoms with Gasteiger partial charge >= 0.3 is 12.1 Å². The third kappa shape index (κ3) is 7.64. The van der Waals surface area contributed by atoms with Crippen molar-refractivity contribution >= 4 is 29.6 Å². The zero-order valence-corrected chi connectivity index (χ0v) is 31.6. The monoisotopic (exact) mass is 725 g/mol. The van der Waals surface area contributed by atoms with E-state index in [1.165, 1.54) is 4.90 Å². The largest absolute Gasteiger partial charge is 0.493 e. The highest BCUT2D eigenvalue weighted by atomic mass is 16.6. The van der Waals surface area contributed by atoms with E-state index < -0.39 is 53.2 Å². The molecule has 286 valence electrons. The number of aliphatic imine (C=N–C) groups is 1. The van der Waals surface area contributed by atoms with Crippen LogP contribution in [0.15, 0.2) is 29.0 Å². The van der Waals surface area contributed by atoms with Gasteiger partial charge in [0.15, 0.2) is 23.4 Å². The number of ketones is 1. The number of methoxy groups -OCH3 is 1. The first-order chi connectivity index (χ1) is 24.5. The van der Waals surface area contributed by atoms with Crippen LogP contribution in [0.3, 0.4) is 0 Å². The van der Waals surface area contributed by atoms with Crippen LogP contribution in [0.25, 0.3) is 0 Å². The van der Waals surface area contributed by atoms with Gasteiger partial charge in [-0.3, -0.25) is 19.4 Å². The van der Waals surface area contributed by atoms with Gasteiger partial charge < -0.3 is 44.9 Å². The zero-order chi connectivity index (χ0) is 38.0. The van der Waals surface area contributed by atoms with Gasteiger partial charge in [-0.25, -0.2) is 4.79 Å². The number of nitrogens with one attached hydrogen (secondary N) is 1. The molecule has 2 aliphatic carbocycles. The van der Waals surface area contributed by atoms with Crippen molar-refractivity contribution in [2.24, 2.45) is 10.7 Å². The maximum atomic E-state index is 13.5. The molecule has 4 N–H and O–H groups in total. The smallest absolute Gasteiger partial charge is 0.414 e. The minimum atomic E-state index is -1.12. The molecule has 0 saturated carbocycles. The number of benzene rings is 1. The van der Waals surface area contributed by atoms with Gasteiger partial charge in [-0.15, -0.1) is 0 Å². The topological polar surface area (TPSA) is 182 Å². The lowest BCUT2D eigenvalue weighted by Crippen LogP contribution is -2.74. The summed E-state index contributed by atoms with van der Waals surface area (Å²) < 4.78 is 23.5. The number of aliphatic hydroxyl groups is 1. The highest BCUT2D eigenvalue weighted by Gasteiger charge is 2.72. The van der Waals surface area contributed by atoms with Gasteiger partial charge in [-0.2, -0.15) is 0 Å². The number of likely N-dealkylation sites (tertiary alicyclic amines) is 1. The predicted octanol–water partition coefficient (Wildman–Crippen LogP) is 3.15. The Labute approximate surface area is 306 Å². The van der Waals surface area contributed by atoms with Gasteiger partial charge in [0.1, 0.15) is 17.8 Å². The summed E-state index contributed by atoms with van der Waals surface area (Å²) in [4.78, 5) is 59.4. The van der Waals surface area contributed by atoms with E-state index in [1.54, 1.807) is 48.1 Å². The summed E-state index contributed by atoms with van der Waals surface area (Å²) in [6.07, 6.45) is 4.19. The van der Waals surface area contributed by atoms with Crippen molar-refractivity contribution in [3.05, 3.63) is 35.1 Å². The molecule has 1 unspecified atom stereocenters. The van der Waals surface area contributed by atoms with Crippen LogP contribution in [0.5, 0.6) is 11.5 Å². The van der Waals surface area contributed by atoms with Gasteiger partial charge in [0.05, 0.1) is 30.0 Å². The molecule has 0 radical (unpaired) electrons. The van der Waals surface area contributed by atoms with Crippen LogP contribution in [-0.4, -0.2) is 115 Å². The fourth-order valence-corrected chi connectivity index (χ4v) is 8.36. The lowest BCUT2D eigenvalue weighted by molar-refractivity contribution is -0.163. The predicted molar refractivity (Wildman–Crippen MR) is 193 cm³/mol. The quantitative estimate of drug-likeness (QED) is 0.0794. The Kier molecular flexibility index (Phi) is 11.6. The second kappa shape index (κ2) is 15.4. The fourth-order valence-electron chi connectivity index (χ4n) is 8.36. The molecule has 52 heavy (non-hydrogen) atoms. The molecule has 2 amide bonds. The molecule has 1 spiro atoms. The second-order valence-corrected chi connectivity index (χ2v) is 15.5. The van der Waals surface area contributed by atoms with Crippen LogP contribution >= 0.6 is 0 Å². The van der Waals surface area contributed by atoms with Crippen molar-refractivity contribution in [3.8, 4) is 11.5 Å². The van der Waals surface area contributed by atoms with Gasteiger partial charge in [0, 0.05) is 51.5 Å². The first-order valence-corrected chi connectivity index (χ1v) is 18.2. The minimum Gasteiger partial charge on any atom is -0.493 e. The molecule has 5 rings (SSSR count). The number of amidine groups is 1. The molecule has 5 atom stereocenters. The second-order valence-electron chi connectivity index (χ2n) is 15.5. The van der Waals surface area contributed by atoms with Gasteiger partial charge in [-0.05, 0) is 84.2 Å². The fraction of sp³-hybridized carbons (Fsp3) is 0.658. The number of hydrogen-bond acceptors (Lipinski definition) is 11. The summed E-state index contributed by atoms with van der Waals surface area (Å²) in [7, 11) is 6.84. The molecular weight excluding hydrogens is 670 g/mol. The van der Waals surface area contributed by atoms with E-state index in [9.17, 15) is 24.3 Å². The summed E-state index contributed by atoms with van der Waals surface area (Å²) >= 11 is 0. The Balaban J connectivity index is 1.21. The van der Waals surface area contributed by atoms with Gasteiger partial charge in [0.2, 0.25) is 5.91 Å². The summed E-state index contributed by atoms with van der Waals surface area (Å²) in [5.41, 5.74) is 5.21. The number of unbranched alkanes of at least 4 members (excludes halogenated alkanes) is 1. The number of nitrogens with two attached hydrogens (primary N) is 1. The SMILES string of the molecule is CN=C(N)CCCC[C@H](NC(=O)CC(=O)OC(C)(C)C)C(=O)CCCN(C)C(=O)OC1=CC[C@]2(O)[C@@H]3Cc4ccc(OC)c5c4[C@]2(CCN3C)C1O5. The molecule has 2 heterocycles. The average Bonchev–Trinajstić information content (AvgIpc) is 3.43. The first kappa shape index (κ1) is 39.0. The van der Waals surface area contributed by atoms with E-state index >= 15 is 0 Å². The van der Waals surface area contributed by atoms with Crippen LogP contribution in [0.2, 0.25) is 0 Å². The molecule has 1 fully saturated rings. The van der Waals surface area contributed by atoms with Crippen molar-refractivity contribution in [2.75, 3.05) is 41.3 Å². The maximum Gasteiger partial charge on any atom is 0.414 e. The number of hydrogen-bond donors (Lipinski definition) is 3. The van der Waals surface area contributed by atoms with Crippen LogP contribution in [0.1, 0.15) is 89.7 Å². The lowest BCUT2D eigenvalue weighted by atomic mass is 9.50. The zero-order valence-electron chi connectivity index (χ0n) is 31.6. The Morgan fingerprint density at radius 3 is 2.63 bits per heavy atom. The first-order valence-electron chi connectivity index (χ1n) is 18.2. The maximum absolute atomic E-state index is 13.5. The van der Waals surface area contributed by atoms with E-state index in [2.05, 4.69) is 15.2 Å². The number of ether oxygens (including phenoxy) is 4. The van der Waals surface area contributed by atoms with Crippen molar-refractivity contribution in [2.45, 2.75) is 120 Å². The minimum absolute atomic E-state index is 0.0882. The summed E-state index contributed by atoms with van der Waals surface area (Å²) in [5, 5.41) is 15.1. The van der Waals surface area contributed by atoms with Crippen LogP contribution in [-0.2, 0) is 35.7 Å². The van der Waals surface area contributed by atoms with E-state index in [-0.39, 0.29) is 24.8 Å². The van der Waals surface area contributed by atoms with Gasteiger partial charge in [0.25, 0.3) is 0 Å². The number of carbonyl (C=O) groups is 4. The third-order valence-corrected chi connectivity index (χ3v) is 10.9. The number of amides is 2. The van der Waals surface area contributed by atoms with Gasteiger partial charge in [-0.1, -0.05) is 12.5 Å². The van der Waals surface area contributed by atoms with Crippen molar-refractivity contribution < 1.29 is 43.2 Å². The third-order valence-electron chi connectivity index (χ3n) is 10.9. The van der Waals surface area contributed by atoms with E-state index in [4.69, 9.17) is 24.7 Å². The van der Waals surface area contributed by atoms with Crippen LogP contribution < -0.4 is 20.5 Å². The number of nitrogens with zero attached hydrogens (tertiary/aromatic N) is 3. The molecule has 2 bridgehead atoms. The number of piperidine rings is 1. The lowest BCUT2D eigenvalue weighted by Gasteiger charge is -2.61. The van der Waals surface area contributed by atoms with Crippen LogP contribution in [0, 0.1) is 0 Å². The van der Waals surface area contributed by atoms with E-state index in [0.717, 1.165) is 17.7 Å². The number of carbonyl (C=O) groups excluding carboxylic acids is 4. The van der Waals surface area contributed by atoms with Crippen molar-refractivity contribution in [1.29, 1.82) is 0 Å². The Hall–Kier alpha value is -4.17. The number of rotatable bonds is 15. The van der Waals surface area contributed by atoms with Crippen LogP contribution in [0.4, 0.5) is 4.79 Å². The molecule has 1 saturated heterocycles. The Morgan fingerprint density at radius 2 is 1.94 bits per heavy atom. The molecular formula is C38H55N5O9. The standard InChI is InChI=1S/C38H55N5O9/c1-36(2,3)52-31(46)22-30(45)41-24(11-8-9-13-29(39)40-4)25(44)12-10-19-43(6)35(47)50-27-16-17-38(48)28-21-23-14-15-26(49-7)33-32(23)37(38,34(27)51-33)18-20-42(28)5/h14-16,24,28,34,48H,8-13,17-22H2,1-7H3,(H2,39,40)(H,41,45)/t24-,28-,34?,37+,38-/m0/s1. The molecule has 1 aromatic carbocycles. The molecule has 14 nitrogen and oxygen atoms in total. The highest BCUT2D eigenvalue weighted by molar-refractivity contribution is 5.97. The van der Waals surface area contributed by atoms with E-state index in [1.807, 2.05) is 19.2 Å². The number of Topliss-reactive ketones (excluding diaryl/α,β-unsaturated/α-hetero) is 1. The number of likely N-dealkylation sites (N-methyl/N-ethyl adjacent to an activating group) is 1. The molecule has 1 aromatic rings. The molecule has 0 aromatic heterocycles. The number of esters is 1. The summed E-state index contributed by atoms with van der Waals surface area (Å²) in [5.74, 6) is 0.559. The molecule has 2 aliphatic heterocycles.